The molecule has 0 radical (unpaired) electrons. The number of hydrogen-bond donors (Lipinski definition) is 0. The van der Waals surface area contributed by atoms with Crippen LogP contribution in [0.15, 0.2) is 30.3 Å². The fourth-order valence-corrected chi connectivity index (χ4v) is 2.47. The molecular weight excluding hydrogens is 238 g/mol. The normalized spacial score (nSPS) is 20.9. The van der Waals surface area contributed by atoms with Crippen LogP contribution in [0.1, 0.15) is 18.4 Å². The number of amides is 1. The van der Waals surface area contributed by atoms with Crippen LogP contribution in [0.4, 0.5) is 0 Å². The van der Waals surface area contributed by atoms with Gasteiger partial charge in [-0.2, -0.15) is 5.26 Å². The monoisotopic (exact) mass is 257 g/mol. The van der Waals surface area contributed by atoms with Crippen LogP contribution >= 0.6 is 0 Å². The summed E-state index contributed by atoms with van der Waals surface area (Å²) in [7, 11) is 1.92. The second-order valence-corrected chi connectivity index (χ2v) is 4.96. The third-order valence-electron chi connectivity index (χ3n) is 3.57. The van der Waals surface area contributed by atoms with Gasteiger partial charge in [0.2, 0.25) is 5.91 Å². The van der Waals surface area contributed by atoms with Gasteiger partial charge < -0.3 is 4.90 Å². The molecule has 2 rings (SSSR count). The summed E-state index contributed by atoms with van der Waals surface area (Å²) < 4.78 is 0. The smallest absolute Gasteiger partial charge is 0.241 e. The van der Waals surface area contributed by atoms with Crippen LogP contribution in [0.3, 0.4) is 0 Å². The number of carbonyl (C=O) groups is 1. The van der Waals surface area contributed by atoms with Gasteiger partial charge in [-0.15, -0.1) is 0 Å². The molecule has 0 bridgehead atoms. The molecule has 1 aromatic rings. The van der Waals surface area contributed by atoms with Crippen molar-refractivity contribution in [3.8, 4) is 6.07 Å². The van der Waals surface area contributed by atoms with Crippen molar-refractivity contribution in [2.45, 2.75) is 25.4 Å². The molecule has 100 valence electrons. The van der Waals surface area contributed by atoms with Crippen LogP contribution in [0.25, 0.3) is 0 Å². The van der Waals surface area contributed by atoms with E-state index in [1.807, 2.05) is 47.2 Å². The molecule has 0 aromatic heterocycles. The van der Waals surface area contributed by atoms with Crippen molar-refractivity contribution in [1.82, 2.24) is 9.80 Å². The quantitative estimate of drug-likeness (QED) is 0.827. The number of nitriles is 1. The van der Waals surface area contributed by atoms with Crippen LogP contribution in [0.2, 0.25) is 0 Å². The Bertz CT molecular complexity index is 466. The summed E-state index contributed by atoms with van der Waals surface area (Å²) in [6.07, 6.45) is 1.22. The van der Waals surface area contributed by atoms with Gasteiger partial charge in [-0.3, -0.25) is 9.69 Å². The molecule has 4 heteroatoms. The summed E-state index contributed by atoms with van der Waals surface area (Å²) in [4.78, 5) is 16.4. The van der Waals surface area contributed by atoms with E-state index in [-0.39, 0.29) is 18.4 Å². The number of nitrogens with zero attached hydrogens (tertiary/aromatic N) is 3. The zero-order valence-corrected chi connectivity index (χ0v) is 11.2. The lowest BCUT2D eigenvalue weighted by atomic mass is 10.1. The first-order valence-electron chi connectivity index (χ1n) is 6.62. The summed E-state index contributed by atoms with van der Waals surface area (Å²) >= 11 is 0. The molecule has 1 heterocycles. The van der Waals surface area contributed by atoms with Gasteiger partial charge in [-0.05, 0) is 19.0 Å². The summed E-state index contributed by atoms with van der Waals surface area (Å²) in [6.45, 7) is 2.26. The Morgan fingerprint density at radius 1 is 1.32 bits per heavy atom. The van der Waals surface area contributed by atoms with Gasteiger partial charge in [0, 0.05) is 19.6 Å². The van der Waals surface area contributed by atoms with Crippen molar-refractivity contribution in [1.29, 1.82) is 5.26 Å². The van der Waals surface area contributed by atoms with E-state index >= 15 is 0 Å². The molecule has 0 saturated carbocycles. The van der Waals surface area contributed by atoms with E-state index < -0.39 is 0 Å². The van der Waals surface area contributed by atoms with Crippen molar-refractivity contribution < 1.29 is 4.79 Å². The zero-order chi connectivity index (χ0) is 13.7. The van der Waals surface area contributed by atoms with Gasteiger partial charge in [0.25, 0.3) is 0 Å². The molecule has 1 aliphatic rings. The van der Waals surface area contributed by atoms with Crippen LogP contribution in [-0.4, -0.2) is 41.9 Å². The Morgan fingerprint density at radius 3 is 2.74 bits per heavy atom. The Hall–Kier alpha value is -1.86. The Morgan fingerprint density at radius 2 is 2.05 bits per heavy atom. The molecule has 1 atom stereocenters. The van der Waals surface area contributed by atoms with E-state index in [0.29, 0.717) is 6.54 Å². The highest BCUT2D eigenvalue weighted by atomic mass is 16.2. The minimum absolute atomic E-state index is 0.0744. The lowest BCUT2D eigenvalue weighted by Gasteiger charge is -2.26. The molecular formula is C15H19N3O. The molecule has 4 nitrogen and oxygen atoms in total. The Kier molecular flexibility index (Phi) is 4.53. The first-order chi connectivity index (χ1) is 9.22. The molecule has 0 spiro atoms. The first-order valence-corrected chi connectivity index (χ1v) is 6.62. The van der Waals surface area contributed by atoms with E-state index in [4.69, 9.17) is 5.26 Å². The standard InChI is InChI=1S/C15H19N3O/c1-17-10-5-11-18(15(19)14(17)8-9-16)12-13-6-3-2-4-7-13/h2-4,6-7,14H,5,8,10-12H2,1H3. The van der Waals surface area contributed by atoms with E-state index in [1.54, 1.807) is 0 Å². The molecule has 1 unspecified atom stereocenters. The Labute approximate surface area is 114 Å². The summed E-state index contributed by atoms with van der Waals surface area (Å²) in [5, 5.41) is 8.87. The third-order valence-corrected chi connectivity index (χ3v) is 3.57. The molecule has 19 heavy (non-hydrogen) atoms. The second kappa shape index (κ2) is 6.35. The highest BCUT2D eigenvalue weighted by Crippen LogP contribution is 2.15. The van der Waals surface area contributed by atoms with E-state index in [1.165, 1.54) is 0 Å². The van der Waals surface area contributed by atoms with E-state index in [0.717, 1.165) is 25.1 Å². The maximum atomic E-state index is 12.5. The lowest BCUT2D eigenvalue weighted by Crippen LogP contribution is -2.43. The highest BCUT2D eigenvalue weighted by molar-refractivity contribution is 5.82. The van der Waals surface area contributed by atoms with Crippen molar-refractivity contribution >= 4 is 5.91 Å². The highest BCUT2D eigenvalue weighted by Gasteiger charge is 2.30. The van der Waals surface area contributed by atoms with Crippen LogP contribution in [-0.2, 0) is 11.3 Å². The largest absolute Gasteiger partial charge is 0.337 e. The number of rotatable bonds is 3. The van der Waals surface area contributed by atoms with Gasteiger partial charge in [-0.1, -0.05) is 30.3 Å². The molecule has 1 aromatic carbocycles. The minimum Gasteiger partial charge on any atom is -0.337 e. The minimum atomic E-state index is -0.295. The maximum absolute atomic E-state index is 12.5. The predicted octanol–water partition coefficient (Wildman–Crippen LogP) is 1.63. The predicted molar refractivity (Wildman–Crippen MR) is 73.1 cm³/mol. The number of hydrogen-bond acceptors (Lipinski definition) is 3. The molecule has 1 saturated heterocycles. The maximum Gasteiger partial charge on any atom is 0.241 e. The molecule has 1 amide bonds. The average Bonchev–Trinajstić information content (AvgIpc) is 2.55. The fourth-order valence-electron chi connectivity index (χ4n) is 2.47. The molecule has 1 fully saturated rings. The second-order valence-electron chi connectivity index (χ2n) is 4.96. The zero-order valence-electron chi connectivity index (χ0n) is 11.2. The number of carbonyl (C=O) groups excluding carboxylic acids is 1. The third kappa shape index (κ3) is 3.33. The van der Waals surface area contributed by atoms with Crippen molar-refractivity contribution in [2.24, 2.45) is 0 Å². The van der Waals surface area contributed by atoms with Gasteiger partial charge >= 0.3 is 0 Å². The summed E-state index contributed by atoms with van der Waals surface area (Å²) in [5.41, 5.74) is 1.14. The number of benzene rings is 1. The van der Waals surface area contributed by atoms with Crippen LogP contribution in [0, 0.1) is 11.3 Å². The molecule has 1 aliphatic heterocycles. The summed E-state index contributed by atoms with van der Waals surface area (Å²) in [6, 6.07) is 11.8. The number of likely N-dealkylation sites (N-methyl/N-ethyl adjacent to an activating group) is 1. The van der Waals surface area contributed by atoms with Gasteiger partial charge in [-0.25, -0.2) is 0 Å². The van der Waals surface area contributed by atoms with E-state index in [2.05, 4.69) is 6.07 Å². The summed E-state index contributed by atoms with van der Waals surface area (Å²) in [5.74, 6) is 0.0744. The van der Waals surface area contributed by atoms with E-state index in [9.17, 15) is 4.79 Å². The average molecular weight is 257 g/mol. The molecule has 0 aliphatic carbocycles. The van der Waals surface area contributed by atoms with Gasteiger partial charge in [0.05, 0.1) is 12.5 Å². The van der Waals surface area contributed by atoms with Crippen LogP contribution in [0.5, 0.6) is 0 Å². The Balaban J connectivity index is 2.11. The first kappa shape index (κ1) is 13.6. The van der Waals surface area contributed by atoms with Crippen LogP contribution < -0.4 is 0 Å². The SMILES string of the molecule is CN1CCCN(Cc2ccccc2)C(=O)C1CC#N. The van der Waals surface area contributed by atoms with Crippen molar-refractivity contribution in [3.63, 3.8) is 0 Å². The van der Waals surface area contributed by atoms with Crippen molar-refractivity contribution in [3.05, 3.63) is 35.9 Å². The lowest BCUT2D eigenvalue weighted by molar-refractivity contribution is -0.135. The fraction of sp³-hybridized carbons (Fsp3) is 0.467. The topological polar surface area (TPSA) is 47.3 Å². The molecule has 0 N–H and O–H groups in total. The van der Waals surface area contributed by atoms with Crippen molar-refractivity contribution in [2.75, 3.05) is 20.1 Å². The van der Waals surface area contributed by atoms with Gasteiger partial charge in [0.1, 0.15) is 6.04 Å². The van der Waals surface area contributed by atoms with Gasteiger partial charge in [0.15, 0.2) is 0 Å².